The van der Waals surface area contributed by atoms with Crippen molar-refractivity contribution in [1.29, 1.82) is 0 Å². The lowest BCUT2D eigenvalue weighted by atomic mass is 9.95. The first kappa shape index (κ1) is 18.7. The van der Waals surface area contributed by atoms with E-state index in [1.165, 1.54) is 5.56 Å². The van der Waals surface area contributed by atoms with Crippen LogP contribution in [0.4, 0.5) is 0 Å². The van der Waals surface area contributed by atoms with E-state index in [4.69, 9.17) is 4.74 Å². The van der Waals surface area contributed by atoms with E-state index >= 15 is 0 Å². The number of nitrogens with zero attached hydrogens (tertiary/aromatic N) is 6. The molecule has 0 saturated carbocycles. The van der Waals surface area contributed by atoms with Crippen molar-refractivity contribution >= 4 is 0 Å². The first-order chi connectivity index (χ1) is 13.8. The molecule has 28 heavy (non-hydrogen) atoms. The lowest BCUT2D eigenvalue weighted by Crippen LogP contribution is -2.33. The number of piperidine rings is 1. The second-order valence-electron chi connectivity index (χ2n) is 7.32. The first-order valence-corrected chi connectivity index (χ1v) is 10.0. The van der Waals surface area contributed by atoms with Crippen LogP contribution >= 0.6 is 0 Å². The Morgan fingerprint density at radius 1 is 1.11 bits per heavy atom. The Morgan fingerprint density at radius 3 is 2.68 bits per heavy atom. The molecule has 3 heterocycles. The SMILES string of the molecule is CCn1c(Cn2cccn2)nnc1C1CCN(Cc2cccc(OC)c2)CC1. The van der Waals surface area contributed by atoms with E-state index in [9.17, 15) is 0 Å². The molecule has 3 aromatic rings. The molecule has 0 unspecified atom stereocenters. The zero-order chi connectivity index (χ0) is 19.3. The third kappa shape index (κ3) is 4.09. The Labute approximate surface area is 165 Å². The summed E-state index contributed by atoms with van der Waals surface area (Å²) >= 11 is 0. The molecule has 0 amide bonds. The summed E-state index contributed by atoms with van der Waals surface area (Å²) in [6, 6.07) is 10.3. The van der Waals surface area contributed by atoms with Crippen LogP contribution in [0.1, 0.15) is 42.9 Å². The van der Waals surface area contributed by atoms with Gasteiger partial charge in [-0.1, -0.05) is 12.1 Å². The predicted octanol–water partition coefficient (Wildman–Crippen LogP) is 2.93. The van der Waals surface area contributed by atoms with Gasteiger partial charge >= 0.3 is 0 Å². The third-order valence-corrected chi connectivity index (χ3v) is 5.53. The van der Waals surface area contributed by atoms with Gasteiger partial charge < -0.3 is 9.30 Å². The first-order valence-electron chi connectivity index (χ1n) is 10.0. The van der Waals surface area contributed by atoms with Crippen LogP contribution in [0.25, 0.3) is 0 Å². The van der Waals surface area contributed by atoms with Gasteiger partial charge in [0.1, 0.15) is 18.1 Å². The third-order valence-electron chi connectivity index (χ3n) is 5.53. The van der Waals surface area contributed by atoms with Gasteiger partial charge in [0, 0.05) is 31.4 Å². The summed E-state index contributed by atoms with van der Waals surface area (Å²) in [5.74, 6) is 3.51. The van der Waals surface area contributed by atoms with E-state index < -0.39 is 0 Å². The molecule has 7 heteroatoms. The molecule has 0 atom stereocenters. The highest BCUT2D eigenvalue weighted by atomic mass is 16.5. The monoisotopic (exact) mass is 380 g/mol. The molecule has 2 aromatic heterocycles. The smallest absolute Gasteiger partial charge is 0.154 e. The zero-order valence-corrected chi connectivity index (χ0v) is 16.7. The Kier molecular flexibility index (Phi) is 5.71. The van der Waals surface area contributed by atoms with Gasteiger partial charge in [-0.05, 0) is 56.6 Å². The number of hydrogen-bond donors (Lipinski definition) is 0. The van der Waals surface area contributed by atoms with E-state index in [-0.39, 0.29) is 0 Å². The van der Waals surface area contributed by atoms with Crippen molar-refractivity contribution in [3.8, 4) is 5.75 Å². The van der Waals surface area contributed by atoms with E-state index in [2.05, 4.69) is 49.9 Å². The fourth-order valence-electron chi connectivity index (χ4n) is 4.03. The van der Waals surface area contributed by atoms with Crippen molar-refractivity contribution in [2.75, 3.05) is 20.2 Å². The molecule has 0 spiro atoms. The Hall–Kier alpha value is -2.67. The molecule has 0 N–H and O–H groups in total. The summed E-state index contributed by atoms with van der Waals surface area (Å²) in [4.78, 5) is 2.52. The lowest BCUT2D eigenvalue weighted by molar-refractivity contribution is 0.200. The van der Waals surface area contributed by atoms with Gasteiger partial charge in [-0.2, -0.15) is 5.10 Å². The molecule has 0 aliphatic carbocycles. The molecule has 1 aliphatic rings. The fraction of sp³-hybridized carbons (Fsp3) is 0.476. The van der Waals surface area contributed by atoms with Crippen molar-refractivity contribution in [1.82, 2.24) is 29.4 Å². The van der Waals surface area contributed by atoms with Crippen molar-refractivity contribution in [3.63, 3.8) is 0 Å². The predicted molar refractivity (Wildman–Crippen MR) is 107 cm³/mol. The van der Waals surface area contributed by atoms with E-state index in [0.29, 0.717) is 12.5 Å². The van der Waals surface area contributed by atoms with Gasteiger partial charge in [-0.15, -0.1) is 10.2 Å². The maximum atomic E-state index is 5.34. The average Bonchev–Trinajstić information content (AvgIpc) is 3.39. The quantitative estimate of drug-likeness (QED) is 0.631. The summed E-state index contributed by atoms with van der Waals surface area (Å²) in [5.41, 5.74) is 1.30. The molecule has 7 nitrogen and oxygen atoms in total. The van der Waals surface area contributed by atoms with Crippen LogP contribution < -0.4 is 4.74 Å². The highest BCUT2D eigenvalue weighted by Crippen LogP contribution is 2.28. The number of hydrogen-bond acceptors (Lipinski definition) is 5. The number of benzene rings is 1. The van der Waals surface area contributed by atoms with Crippen molar-refractivity contribution in [2.24, 2.45) is 0 Å². The summed E-state index contributed by atoms with van der Waals surface area (Å²) in [7, 11) is 1.72. The van der Waals surface area contributed by atoms with Gasteiger partial charge in [0.25, 0.3) is 0 Å². The normalized spacial score (nSPS) is 15.8. The molecule has 1 saturated heterocycles. The Bertz CT molecular complexity index is 880. The summed E-state index contributed by atoms with van der Waals surface area (Å²) < 4.78 is 9.51. The maximum absolute atomic E-state index is 5.34. The number of methoxy groups -OCH3 is 1. The van der Waals surface area contributed by atoms with Crippen molar-refractivity contribution in [3.05, 3.63) is 59.9 Å². The topological polar surface area (TPSA) is 61.0 Å². The largest absolute Gasteiger partial charge is 0.497 e. The number of rotatable bonds is 7. The van der Waals surface area contributed by atoms with Gasteiger partial charge in [0.05, 0.1) is 7.11 Å². The number of ether oxygens (including phenoxy) is 1. The van der Waals surface area contributed by atoms with Crippen LogP contribution in [0.15, 0.2) is 42.7 Å². The maximum Gasteiger partial charge on any atom is 0.154 e. The minimum Gasteiger partial charge on any atom is -0.497 e. The molecule has 0 radical (unpaired) electrons. The second kappa shape index (κ2) is 8.56. The zero-order valence-electron chi connectivity index (χ0n) is 16.7. The van der Waals surface area contributed by atoms with Crippen molar-refractivity contribution < 1.29 is 4.74 Å². The van der Waals surface area contributed by atoms with Crippen LogP contribution in [-0.2, 0) is 19.6 Å². The second-order valence-corrected chi connectivity index (χ2v) is 7.32. The number of aromatic nitrogens is 5. The Balaban J connectivity index is 1.39. The van der Waals surface area contributed by atoms with Crippen molar-refractivity contribution in [2.45, 2.75) is 45.3 Å². The fourth-order valence-corrected chi connectivity index (χ4v) is 4.03. The summed E-state index contributed by atoms with van der Waals surface area (Å²) in [5, 5.41) is 13.3. The van der Waals surface area contributed by atoms with Crippen LogP contribution in [0.5, 0.6) is 5.75 Å². The van der Waals surface area contributed by atoms with E-state index in [1.54, 1.807) is 13.3 Å². The van der Waals surface area contributed by atoms with E-state index in [1.807, 2.05) is 23.0 Å². The van der Waals surface area contributed by atoms with Gasteiger partial charge in [-0.3, -0.25) is 9.58 Å². The van der Waals surface area contributed by atoms with Gasteiger partial charge in [0.2, 0.25) is 0 Å². The molecular formula is C21H28N6O. The van der Waals surface area contributed by atoms with Gasteiger partial charge in [-0.25, -0.2) is 0 Å². The molecular weight excluding hydrogens is 352 g/mol. The highest BCUT2D eigenvalue weighted by Gasteiger charge is 2.26. The minimum atomic E-state index is 0.473. The van der Waals surface area contributed by atoms with Crippen LogP contribution in [0.2, 0.25) is 0 Å². The molecule has 1 aromatic carbocycles. The molecule has 1 aliphatic heterocycles. The number of likely N-dealkylation sites (tertiary alicyclic amines) is 1. The van der Waals surface area contributed by atoms with Gasteiger partial charge in [0.15, 0.2) is 5.82 Å². The molecule has 148 valence electrons. The lowest BCUT2D eigenvalue weighted by Gasteiger charge is -2.31. The minimum absolute atomic E-state index is 0.473. The molecule has 1 fully saturated rings. The average molecular weight is 380 g/mol. The molecule has 4 rings (SSSR count). The Morgan fingerprint density at radius 2 is 1.96 bits per heavy atom. The van der Waals surface area contributed by atoms with E-state index in [0.717, 1.165) is 56.4 Å². The summed E-state index contributed by atoms with van der Waals surface area (Å²) in [6.45, 7) is 6.84. The molecule has 0 bridgehead atoms. The highest BCUT2D eigenvalue weighted by molar-refractivity contribution is 5.28. The van der Waals surface area contributed by atoms with Crippen LogP contribution in [0, 0.1) is 0 Å². The van der Waals surface area contributed by atoms with Crippen LogP contribution in [-0.4, -0.2) is 49.6 Å². The summed E-state index contributed by atoms with van der Waals surface area (Å²) in [6.07, 6.45) is 5.99. The van der Waals surface area contributed by atoms with Crippen LogP contribution in [0.3, 0.4) is 0 Å². The standard InChI is InChI=1S/C21H28N6O/c1-3-27-20(16-26-11-5-10-22-26)23-24-21(27)18-8-12-25(13-9-18)15-17-6-4-7-19(14-17)28-2/h4-7,10-11,14,18H,3,8-9,12-13,15-16H2,1-2H3.